The summed E-state index contributed by atoms with van der Waals surface area (Å²) >= 11 is 0. The first-order valence-electron chi connectivity index (χ1n) is 11.0. The van der Waals surface area contributed by atoms with E-state index in [0.717, 1.165) is 36.5 Å². The fraction of sp³-hybridized carbons (Fsp3) is 0.565. The number of allylic oxidation sites excluding steroid dienone is 2. The van der Waals surface area contributed by atoms with Gasteiger partial charge in [0.2, 0.25) is 0 Å². The van der Waals surface area contributed by atoms with Gasteiger partial charge in [-0.3, -0.25) is 0 Å². The lowest BCUT2D eigenvalue weighted by atomic mass is 9.53. The minimum atomic E-state index is -0.162. The van der Waals surface area contributed by atoms with Crippen molar-refractivity contribution in [1.82, 2.24) is 13.9 Å². The monoisotopic (exact) mass is 375 g/mol. The van der Waals surface area contributed by atoms with Crippen molar-refractivity contribution >= 4 is 0 Å². The standard InChI is InChI=1S/C23H25N3O2/c27-22-24(17-4-2-1-3-5-17)23(28)26-19-7-6-18(25(22)26)21(19)20-15-9-13-8-14(11-15)12-16(20)10-13/h1-5,13-16,18-19H,6-12H2/t13?,14?,15?,16?,18-,19+. The molecule has 1 aromatic heterocycles. The van der Waals surface area contributed by atoms with Crippen LogP contribution in [0.3, 0.4) is 0 Å². The van der Waals surface area contributed by atoms with Gasteiger partial charge < -0.3 is 0 Å². The molecule has 5 heteroatoms. The van der Waals surface area contributed by atoms with Crippen LogP contribution in [0.1, 0.15) is 57.0 Å². The Balaban J connectivity index is 1.41. The second-order valence-corrected chi connectivity index (χ2v) is 9.75. The summed E-state index contributed by atoms with van der Waals surface area (Å²) in [6.45, 7) is 0. The number of nitrogens with zero attached hydrogens (tertiary/aromatic N) is 3. The smallest absolute Gasteiger partial charge is 0.245 e. The predicted octanol–water partition coefficient (Wildman–Crippen LogP) is 3.44. The number of aromatic nitrogens is 3. The van der Waals surface area contributed by atoms with Gasteiger partial charge >= 0.3 is 11.4 Å². The van der Waals surface area contributed by atoms with Crippen molar-refractivity contribution < 1.29 is 0 Å². The van der Waals surface area contributed by atoms with E-state index in [4.69, 9.17) is 0 Å². The summed E-state index contributed by atoms with van der Waals surface area (Å²) in [6.07, 6.45) is 8.87. The Labute approximate surface area is 163 Å². The largest absolute Gasteiger partial charge is 0.352 e. The molecule has 1 aliphatic heterocycles. The van der Waals surface area contributed by atoms with E-state index in [0.29, 0.717) is 5.69 Å². The molecule has 6 bridgehead atoms. The van der Waals surface area contributed by atoms with Gasteiger partial charge in [-0.05, 0) is 86.3 Å². The SMILES string of the molecule is O=c1n(-c2ccccc2)c(=O)n2n1[C@@H]1CC[C@H]2C1=C1C2CC3CC(C2)CC1C3. The van der Waals surface area contributed by atoms with Crippen molar-refractivity contribution in [3.8, 4) is 5.69 Å². The highest BCUT2D eigenvalue weighted by Gasteiger charge is 2.52. The average molecular weight is 375 g/mol. The molecule has 5 nitrogen and oxygen atoms in total. The van der Waals surface area contributed by atoms with Crippen LogP contribution in [0.5, 0.6) is 0 Å². The summed E-state index contributed by atoms with van der Waals surface area (Å²) < 4.78 is 4.97. The molecule has 8 rings (SSSR count). The molecule has 2 heterocycles. The molecule has 0 N–H and O–H groups in total. The van der Waals surface area contributed by atoms with Crippen LogP contribution in [0.25, 0.3) is 5.69 Å². The van der Waals surface area contributed by atoms with Crippen molar-refractivity contribution in [2.24, 2.45) is 23.7 Å². The van der Waals surface area contributed by atoms with E-state index in [1.54, 1.807) is 14.9 Å². The molecule has 5 fully saturated rings. The van der Waals surface area contributed by atoms with Crippen LogP contribution >= 0.6 is 0 Å². The first-order chi connectivity index (χ1) is 13.7. The highest BCUT2D eigenvalue weighted by atomic mass is 16.2. The van der Waals surface area contributed by atoms with Crippen molar-refractivity contribution in [2.45, 2.75) is 57.0 Å². The molecule has 0 radical (unpaired) electrons. The molecule has 144 valence electrons. The maximum atomic E-state index is 13.3. The Morgan fingerprint density at radius 2 is 1.21 bits per heavy atom. The molecule has 6 aliphatic rings. The van der Waals surface area contributed by atoms with Crippen LogP contribution < -0.4 is 11.4 Å². The average Bonchev–Trinajstić information content (AvgIpc) is 3.32. The fourth-order valence-corrected chi connectivity index (χ4v) is 7.74. The molecule has 0 amide bonds. The Bertz CT molecular complexity index is 1060. The summed E-state index contributed by atoms with van der Waals surface area (Å²) in [5, 5.41) is 0. The Morgan fingerprint density at radius 3 is 1.75 bits per heavy atom. The number of hydrogen-bond acceptors (Lipinski definition) is 2. The quantitative estimate of drug-likeness (QED) is 0.717. The molecule has 5 saturated carbocycles. The molecule has 0 unspecified atom stereocenters. The van der Waals surface area contributed by atoms with E-state index in [1.165, 1.54) is 42.2 Å². The van der Waals surface area contributed by atoms with E-state index >= 15 is 0 Å². The van der Waals surface area contributed by atoms with Crippen LogP contribution in [-0.4, -0.2) is 13.9 Å². The Kier molecular flexibility index (Phi) is 2.89. The fourth-order valence-electron chi connectivity index (χ4n) is 7.74. The van der Waals surface area contributed by atoms with Gasteiger partial charge in [-0.1, -0.05) is 23.8 Å². The zero-order valence-corrected chi connectivity index (χ0v) is 16.0. The van der Waals surface area contributed by atoms with Crippen molar-refractivity contribution in [2.75, 3.05) is 0 Å². The van der Waals surface area contributed by atoms with Gasteiger partial charge in [-0.2, -0.15) is 0 Å². The first-order valence-corrected chi connectivity index (χ1v) is 11.0. The molecule has 28 heavy (non-hydrogen) atoms. The molecule has 2 aromatic rings. The number of rotatable bonds is 1. The molecule has 2 atom stereocenters. The minimum Gasteiger partial charge on any atom is -0.245 e. The molecular formula is C23H25N3O2. The molecule has 0 spiro atoms. The van der Waals surface area contributed by atoms with Gasteiger partial charge in [0, 0.05) is 0 Å². The lowest BCUT2D eigenvalue weighted by Gasteiger charge is -2.52. The van der Waals surface area contributed by atoms with Gasteiger partial charge in [-0.25, -0.2) is 23.5 Å². The zero-order valence-electron chi connectivity index (χ0n) is 16.0. The third-order valence-electron chi connectivity index (χ3n) is 8.39. The van der Waals surface area contributed by atoms with E-state index < -0.39 is 0 Å². The van der Waals surface area contributed by atoms with E-state index in [-0.39, 0.29) is 23.5 Å². The zero-order chi connectivity index (χ0) is 18.6. The van der Waals surface area contributed by atoms with Crippen molar-refractivity contribution in [1.29, 1.82) is 0 Å². The number of hydrogen-bond donors (Lipinski definition) is 0. The highest BCUT2D eigenvalue weighted by Crippen LogP contribution is 2.61. The van der Waals surface area contributed by atoms with Crippen LogP contribution in [0.15, 0.2) is 51.1 Å². The maximum absolute atomic E-state index is 13.3. The number of para-hydroxylation sites is 1. The van der Waals surface area contributed by atoms with Crippen LogP contribution in [-0.2, 0) is 0 Å². The second-order valence-electron chi connectivity index (χ2n) is 9.75. The summed E-state index contributed by atoms with van der Waals surface area (Å²) in [6, 6.07) is 9.59. The van der Waals surface area contributed by atoms with Gasteiger partial charge in [-0.15, -0.1) is 0 Å². The third-order valence-corrected chi connectivity index (χ3v) is 8.39. The molecular weight excluding hydrogens is 350 g/mol. The second kappa shape index (κ2) is 5.19. The number of benzene rings is 1. The summed E-state index contributed by atoms with van der Waals surface area (Å²) in [5.41, 5.74) is 3.51. The van der Waals surface area contributed by atoms with Crippen molar-refractivity contribution in [3.05, 3.63) is 62.4 Å². The van der Waals surface area contributed by atoms with E-state index in [9.17, 15) is 9.59 Å². The van der Waals surface area contributed by atoms with Gasteiger partial charge in [0.1, 0.15) is 0 Å². The third kappa shape index (κ3) is 1.79. The topological polar surface area (TPSA) is 48.9 Å². The van der Waals surface area contributed by atoms with E-state index in [1.807, 2.05) is 30.3 Å². The summed E-state index contributed by atoms with van der Waals surface area (Å²) in [4.78, 5) is 26.6. The lowest BCUT2D eigenvalue weighted by molar-refractivity contribution is 0.0675. The van der Waals surface area contributed by atoms with E-state index in [2.05, 4.69) is 0 Å². The normalized spacial score (nSPS) is 37.1. The van der Waals surface area contributed by atoms with Crippen LogP contribution in [0.4, 0.5) is 0 Å². The predicted molar refractivity (Wildman–Crippen MR) is 106 cm³/mol. The molecule has 1 aromatic carbocycles. The van der Waals surface area contributed by atoms with Crippen molar-refractivity contribution in [3.63, 3.8) is 0 Å². The Hall–Kier alpha value is -2.30. The first kappa shape index (κ1) is 15.6. The highest BCUT2D eigenvalue weighted by molar-refractivity contribution is 5.37. The molecule has 0 saturated heterocycles. The summed E-state index contributed by atoms with van der Waals surface area (Å²) in [5.74, 6) is 3.32. The number of fused-ring (bicyclic) bond motifs is 5. The summed E-state index contributed by atoms with van der Waals surface area (Å²) in [7, 11) is 0. The van der Waals surface area contributed by atoms with Gasteiger partial charge in [0.25, 0.3) is 0 Å². The lowest BCUT2D eigenvalue weighted by Crippen LogP contribution is -2.41. The van der Waals surface area contributed by atoms with Crippen LogP contribution in [0.2, 0.25) is 0 Å². The molecule has 5 aliphatic carbocycles. The maximum Gasteiger partial charge on any atom is 0.352 e. The van der Waals surface area contributed by atoms with Gasteiger partial charge in [0.05, 0.1) is 17.8 Å². The van der Waals surface area contributed by atoms with Crippen LogP contribution in [0, 0.1) is 23.7 Å². The Morgan fingerprint density at radius 1 is 0.679 bits per heavy atom. The minimum absolute atomic E-state index is 0.114. The van der Waals surface area contributed by atoms with Gasteiger partial charge in [0.15, 0.2) is 0 Å².